The minimum atomic E-state index is 0.314. The molecule has 0 aromatic rings. The topological polar surface area (TPSA) is 32.3 Å². The second-order valence-corrected chi connectivity index (χ2v) is 6.76. The second kappa shape index (κ2) is 6.25. The number of rotatable bonds is 3. The molecule has 3 aliphatic rings. The smallest absolute Gasteiger partial charge is 0.223 e. The average Bonchev–Trinajstić information content (AvgIpc) is 3.10. The van der Waals surface area contributed by atoms with E-state index in [2.05, 4.69) is 10.2 Å². The predicted molar refractivity (Wildman–Crippen MR) is 77.0 cm³/mol. The summed E-state index contributed by atoms with van der Waals surface area (Å²) in [6.07, 6.45) is 12.8. The molecule has 1 aliphatic heterocycles. The predicted octanol–water partition coefficient (Wildman–Crippen LogP) is 2.70. The summed E-state index contributed by atoms with van der Waals surface area (Å²) < 4.78 is 0. The molecule has 2 saturated carbocycles. The molecule has 0 aromatic heterocycles. The minimum absolute atomic E-state index is 0.314. The van der Waals surface area contributed by atoms with Crippen LogP contribution in [0, 0.1) is 5.92 Å². The number of hydrogen-bond acceptors (Lipinski definition) is 2. The van der Waals surface area contributed by atoms with Crippen LogP contribution in [-0.4, -0.2) is 36.0 Å². The lowest BCUT2D eigenvalue weighted by molar-refractivity contribution is -0.126. The molecule has 2 aliphatic carbocycles. The van der Waals surface area contributed by atoms with E-state index >= 15 is 0 Å². The molecule has 19 heavy (non-hydrogen) atoms. The van der Waals surface area contributed by atoms with Gasteiger partial charge in [-0.3, -0.25) is 9.69 Å². The molecule has 0 spiro atoms. The average molecular weight is 264 g/mol. The second-order valence-electron chi connectivity index (χ2n) is 6.76. The van der Waals surface area contributed by atoms with Gasteiger partial charge in [0.15, 0.2) is 0 Å². The van der Waals surface area contributed by atoms with Gasteiger partial charge >= 0.3 is 0 Å². The fourth-order valence-electron chi connectivity index (χ4n) is 4.19. The molecule has 0 bridgehead atoms. The third kappa shape index (κ3) is 3.31. The molecule has 3 fully saturated rings. The van der Waals surface area contributed by atoms with Crippen molar-refractivity contribution in [1.29, 1.82) is 0 Å². The van der Waals surface area contributed by atoms with Gasteiger partial charge in [-0.1, -0.05) is 32.1 Å². The fraction of sp³-hybridized carbons (Fsp3) is 0.938. The van der Waals surface area contributed by atoms with E-state index in [0.717, 1.165) is 31.8 Å². The number of nitrogens with one attached hydrogen (secondary N) is 1. The molecule has 108 valence electrons. The highest BCUT2D eigenvalue weighted by molar-refractivity contribution is 5.79. The highest BCUT2D eigenvalue weighted by atomic mass is 16.1. The van der Waals surface area contributed by atoms with E-state index < -0.39 is 0 Å². The van der Waals surface area contributed by atoms with Gasteiger partial charge in [-0.25, -0.2) is 0 Å². The Morgan fingerprint density at radius 1 is 0.895 bits per heavy atom. The number of hydrogen-bond donors (Lipinski definition) is 1. The lowest BCUT2D eigenvalue weighted by atomic mass is 9.88. The molecule has 3 rings (SSSR count). The highest BCUT2D eigenvalue weighted by Gasteiger charge is 2.31. The van der Waals surface area contributed by atoms with Gasteiger partial charge < -0.3 is 5.32 Å². The van der Waals surface area contributed by atoms with Crippen LogP contribution in [0.5, 0.6) is 0 Å². The van der Waals surface area contributed by atoms with E-state index in [1.54, 1.807) is 0 Å². The first-order chi connectivity index (χ1) is 9.33. The van der Waals surface area contributed by atoms with Crippen molar-refractivity contribution < 1.29 is 4.79 Å². The largest absolute Gasteiger partial charge is 0.352 e. The molecule has 0 aromatic carbocycles. The maximum atomic E-state index is 12.3. The van der Waals surface area contributed by atoms with Crippen LogP contribution >= 0.6 is 0 Å². The number of carbonyl (C=O) groups is 1. The summed E-state index contributed by atoms with van der Waals surface area (Å²) in [4.78, 5) is 14.9. The van der Waals surface area contributed by atoms with Gasteiger partial charge in [0.25, 0.3) is 0 Å². The van der Waals surface area contributed by atoms with Crippen molar-refractivity contribution in [2.45, 2.75) is 76.3 Å². The first kappa shape index (κ1) is 13.4. The van der Waals surface area contributed by atoms with Gasteiger partial charge in [-0.15, -0.1) is 0 Å². The molecule has 1 heterocycles. The van der Waals surface area contributed by atoms with Crippen LogP contribution in [0.4, 0.5) is 0 Å². The maximum absolute atomic E-state index is 12.3. The zero-order valence-corrected chi connectivity index (χ0v) is 12.1. The van der Waals surface area contributed by atoms with Crippen molar-refractivity contribution in [2.75, 3.05) is 13.1 Å². The number of likely N-dealkylation sites (tertiary alicyclic amines) is 1. The minimum Gasteiger partial charge on any atom is -0.352 e. The van der Waals surface area contributed by atoms with E-state index in [1.165, 1.54) is 51.5 Å². The van der Waals surface area contributed by atoms with Crippen LogP contribution in [0.25, 0.3) is 0 Å². The quantitative estimate of drug-likeness (QED) is 0.850. The van der Waals surface area contributed by atoms with Crippen LogP contribution in [-0.2, 0) is 4.79 Å². The lowest BCUT2D eigenvalue weighted by Crippen LogP contribution is -2.42. The summed E-state index contributed by atoms with van der Waals surface area (Å²) in [6, 6.07) is 1.24. The zero-order chi connectivity index (χ0) is 13.1. The Morgan fingerprint density at radius 2 is 1.58 bits per heavy atom. The van der Waals surface area contributed by atoms with Crippen molar-refractivity contribution in [2.24, 2.45) is 5.92 Å². The third-order valence-electron chi connectivity index (χ3n) is 5.38. The lowest BCUT2D eigenvalue weighted by Gasteiger charge is -2.25. The van der Waals surface area contributed by atoms with Gasteiger partial charge in [0.2, 0.25) is 5.91 Å². The fourth-order valence-corrected chi connectivity index (χ4v) is 4.19. The summed E-state index contributed by atoms with van der Waals surface area (Å²) in [6.45, 7) is 2.30. The van der Waals surface area contributed by atoms with Crippen molar-refractivity contribution in [1.82, 2.24) is 10.2 Å². The van der Waals surface area contributed by atoms with Crippen LogP contribution in [0.15, 0.2) is 0 Å². The number of carbonyl (C=O) groups excluding carboxylic acids is 1. The van der Waals surface area contributed by atoms with E-state index in [1.807, 2.05) is 0 Å². The SMILES string of the molecule is O=C(NC1CCN(C2CCCC2)C1)C1CCCCC1. The normalized spacial score (nSPS) is 30.8. The first-order valence-electron chi connectivity index (χ1n) is 8.37. The highest BCUT2D eigenvalue weighted by Crippen LogP contribution is 2.27. The Bertz CT molecular complexity index is 306. The van der Waals surface area contributed by atoms with Crippen LogP contribution in [0.3, 0.4) is 0 Å². The van der Waals surface area contributed by atoms with Crippen LogP contribution < -0.4 is 5.32 Å². The van der Waals surface area contributed by atoms with E-state index in [-0.39, 0.29) is 0 Å². The van der Waals surface area contributed by atoms with Gasteiger partial charge in [0, 0.05) is 31.1 Å². The van der Waals surface area contributed by atoms with Gasteiger partial charge in [0.1, 0.15) is 0 Å². The molecule has 3 nitrogen and oxygen atoms in total. The van der Waals surface area contributed by atoms with Gasteiger partial charge in [-0.2, -0.15) is 0 Å². The van der Waals surface area contributed by atoms with E-state index in [9.17, 15) is 4.79 Å². The Hall–Kier alpha value is -0.570. The van der Waals surface area contributed by atoms with Crippen molar-refractivity contribution in [3.63, 3.8) is 0 Å². The first-order valence-corrected chi connectivity index (χ1v) is 8.37. The molecule has 3 heteroatoms. The van der Waals surface area contributed by atoms with Crippen molar-refractivity contribution >= 4 is 5.91 Å². The maximum Gasteiger partial charge on any atom is 0.223 e. The van der Waals surface area contributed by atoms with E-state index in [0.29, 0.717) is 17.9 Å². The molecule has 1 N–H and O–H groups in total. The molecule has 0 radical (unpaired) electrons. The molecule has 1 unspecified atom stereocenters. The van der Waals surface area contributed by atoms with Gasteiger partial charge in [0.05, 0.1) is 0 Å². The molecule has 1 saturated heterocycles. The summed E-state index contributed by atoms with van der Waals surface area (Å²) in [7, 11) is 0. The molecule has 1 atom stereocenters. The monoisotopic (exact) mass is 264 g/mol. The standard InChI is InChI=1S/C16H28N2O/c19-16(13-6-2-1-3-7-13)17-14-10-11-18(12-14)15-8-4-5-9-15/h13-15H,1-12H2,(H,17,19). The molecular formula is C16H28N2O. The van der Waals surface area contributed by atoms with Crippen LogP contribution in [0.2, 0.25) is 0 Å². The van der Waals surface area contributed by atoms with E-state index in [4.69, 9.17) is 0 Å². The molecular weight excluding hydrogens is 236 g/mol. The number of nitrogens with zero attached hydrogens (tertiary/aromatic N) is 1. The molecule has 1 amide bonds. The number of amides is 1. The Balaban J connectivity index is 1.44. The zero-order valence-electron chi connectivity index (χ0n) is 12.1. The Morgan fingerprint density at radius 3 is 2.32 bits per heavy atom. The summed E-state index contributed by atoms with van der Waals surface area (Å²) in [5.74, 6) is 0.659. The summed E-state index contributed by atoms with van der Waals surface area (Å²) in [5, 5.41) is 3.32. The Labute approximate surface area is 117 Å². The third-order valence-corrected chi connectivity index (χ3v) is 5.38. The Kier molecular flexibility index (Phi) is 4.42. The summed E-state index contributed by atoms with van der Waals surface area (Å²) in [5.41, 5.74) is 0. The van der Waals surface area contributed by atoms with Gasteiger partial charge in [-0.05, 0) is 32.1 Å². The van der Waals surface area contributed by atoms with Crippen molar-refractivity contribution in [3.8, 4) is 0 Å². The van der Waals surface area contributed by atoms with Crippen LogP contribution in [0.1, 0.15) is 64.2 Å². The summed E-state index contributed by atoms with van der Waals surface area (Å²) >= 11 is 0. The van der Waals surface area contributed by atoms with Crippen molar-refractivity contribution in [3.05, 3.63) is 0 Å².